The van der Waals surface area contributed by atoms with Crippen molar-refractivity contribution < 1.29 is 47.5 Å². The molecule has 18 heteroatoms. The summed E-state index contributed by atoms with van der Waals surface area (Å²) in [6.45, 7) is 17.0. The number of phenolic OH excluding ortho intramolecular Hbond substituents is 1. The summed E-state index contributed by atoms with van der Waals surface area (Å²) in [5, 5.41) is 25.1. The van der Waals surface area contributed by atoms with Gasteiger partial charge < -0.3 is 46.3 Å². The molecule has 4 rings (SSSR count). The van der Waals surface area contributed by atoms with Crippen LogP contribution in [0.15, 0.2) is 48.7 Å². The average Bonchev–Trinajstić information content (AvgIpc) is 3.56. The third kappa shape index (κ3) is 10.6. The molecule has 2 aliphatic rings. The maximum absolute atomic E-state index is 15.5. The molecule has 0 radical (unpaired) electrons. The van der Waals surface area contributed by atoms with Gasteiger partial charge >= 0.3 is 0 Å². The summed E-state index contributed by atoms with van der Waals surface area (Å²) in [5.41, 5.74) is 5.29. The highest BCUT2D eigenvalue weighted by Crippen LogP contribution is 2.52. The number of benzene rings is 2. The van der Waals surface area contributed by atoms with Crippen LogP contribution in [0, 0.1) is 5.92 Å². The molecule has 2 aromatic carbocycles. The molecule has 63 heavy (non-hydrogen) atoms. The Balaban J connectivity index is 2.20. The highest BCUT2D eigenvalue weighted by Gasteiger charge is 2.63. The Bertz CT molecular complexity index is 2070. The third-order valence-electron chi connectivity index (χ3n) is 13.1. The van der Waals surface area contributed by atoms with Crippen LogP contribution in [-0.4, -0.2) is 87.2 Å². The summed E-state index contributed by atoms with van der Waals surface area (Å²) < 4.78 is 14.8. The largest absolute Gasteiger partial charge is 0.507 e. The zero-order valence-electron chi connectivity index (χ0n) is 38.1. The lowest BCUT2D eigenvalue weighted by atomic mass is 9.83. The molecule has 0 saturated carbocycles. The van der Waals surface area contributed by atoms with Gasteiger partial charge in [0.05, 0.1) is 12.1 Å². The maximum Gasteiger partial charge on any atom is 0.288 e. The Kier molecular flexibility index (Phi) is 17.2. The number of nitrogens with one attached hydrogen (secondary N) is 5. The van der Waals surface area contributed by atoms with Gasteiger partial charge in [-0.2, -0.15) is 0 Å². The molecule has 344 valence electrons. The molecule has 2 aromatic rings. The first kappa shape index (κ1) is 50.5. The molecule has 1 unspecified atom stereocenters. The number of carbonyl (C=O) groups is 7. The van der Waals surface area contributed by atoms with Gasteiger partial charge in [0.2, 0.25) is 29.4 Å². The fourth-order valence-corrected chi connectivity index (χ4v) is 14.2. The normalized spacial score (nSPS) is 22.1. The van der Waals surface area contributed by atoms with Crippen molar-refractivity contribution in [3.05, 3.63) is 59.8 Å². The first-order valence-corrected chi connectivity index (χ1v) is 27.3. The fraction of sp³-hybridized carbons (Fsp3) is 0.533. The van der Waals surface area contributed by atoms with Crippen molar-refractivity contribution in [2.24, 2.45) is 11.7 Å². The quantitative estimate of drug-likeness (QED) is 0.0798. The van der Waals surface area contributed by atoms with E-state index in [1.807, 2.05) is 41.5 Å². The number of amides is 6. The SMILES string of the molecule is C/C=C\NC(=O)[C@H]1NC(=O)[C@H](CC(N)=O)NC(=O)[C@@H](NC(=O)C(=O)C(C)CC)Cc2ccc(O)c(c2)-c2cccc3c2NC(=O)[C@@]3(O[Si](CC)(CC)CC)[C@@H]1O[Si](CC)(CC)CC. The number of phenols is 1. The van der Waals surface area contributed by atoms with Gasteiger partial charge in [-0.3, -0.25) is 33.6 Å². The number of allylic oxidation sites excluding steroid dienone is 1. The Morgan fingerprint density at radius 2 is 1.54 bits per heavy atom. The number of anilines is 1. The Morgan fingerprint density at radius 1 is 0.905 bits per heavy atom. The lowest BCUT2D eigenvalue weighted by Crippen LogP contribution is -2.68. The van der Waals surface area contributed by atoms with Gasteiger partial charge in [0.1, 0.15) is 30.0 Å². The molecule has 2 aliphatic heterocycles. The number of para-hydroxylation sites is 1. The lowest BCUT2D eigenvalue weighted by molar-refractivity contribution is -0.151. The average molecular weight is 907 g/mol. The molecule has 0 spiro atoms. The summed E-state index contributed by atoms with van der Waals surface area (Å²) in [6, 6.07) is 8.30. The number of Topliss-reactive ketones (excluding diaryl/α,β-unsaturated/α-hetero) is 1. The van der Waals surface area contributed by atoms with E-state index in [0.717, 1.165) is 0 Å². The molecule has 8 N–H and O–H groups in total. The van der Waals surface area contributed by atoms with Crippen LogP contribution < -0.4 is 32.3 Å². The van der Waals surface area contributed by atoms with Gasteiger partial charge in [-0.05, 0) is 73.5 Å². The van der Waals surface area contributed by atoms with Crippen LogP contribution in [0.25, 0.3) is 11.1 Å². The molecular formula is C45H66N6O10Si2. The fourth-order valence-electron chi connectivity index (χ4n) is 8.43. The number of hydrogen-bond acceptors (Lipinski definition) is 10. The standard InChI is InChI=1S/C45H66N6O10Si2/c1-10-23-47-42(57)37-39(60-62(12-3,13-4)14-5)45(61-63(15-6,16-7)17-8)31-20-18-19-29(36(31)51-44(45)59)30-24-28(21-22-34(30)52)25-32(49-43(58)38(54)27(9)11-2)40(55)48-33(26-35(46)53)41(56)50-37/h10,18-24,27,32-33,37,39,52H,11-17,25-26H2,1-9H3,(H2,46,53)(H,47,57)(H,48,55)(H,49,58)(H,50,56)(H,51,59)/b23-10-/t27?,32-,33-,37-,39+,45-/m0/s1. The summed E-state index contributed by atoms with van der Waals surface area (Å²) in [4.78, 5) is 98.4. The monoisotopic (exact) mass is 906 g/mol. The van der Waals surface area contributed by atoms with Crippen LogP contribution in [0.1, 0.15) is 86.3 Å². The number of carbonyl (C=O) groups excluding carboxylic acids is 7. The number of aromatic hydroxyl groups is 1. The number of nitrogens with two attached hydrogens (primary N) is 1. The van der Waals surface area contributed by atoms with Crippen molar-refractivity contribution in [3.8, 4) is 16.9 Å². The molecule has 0 aromatic heterocycles. The van der Waals surface area contributed by atoms with Gasteiger partial charge in [0.25, 0.3) is 11.8 Å². The highest BCUT2D eigenvalue weighted by atomic mass is 28.4. The summed E-state index contributed by atoms with van der Waals surface area (Å²) in [6.07, 6.45) is 0.800. The van der Waals surface area contributed by atoms with Gasteiger partial charge in [-0.1, -0.05) is 85.7 Å². The molecule has 2 heterocycles. The number of hydrogen-bond donors (Lipinski definition) is 7. The first-order valence-electron chi connectivity index (χ1n) is 22.2. The number of fused-ring (bicyclic) bond motifs is 3. The first-order chi connectivity index (χ1) is 29.9. The Hall–Kier alpha value is -5.18. The van der Waals surface area contributed by atoms with E-state index in [0.29, 0.717) is 59.4 Å². The second kappa shape index (κ2) is 21.5. The molecule has 6 bridgehead atoms. The van der Waals surface area contributed by atoms with Crippen LogP contribution in [0.3, 0.4) is 0 Å². The minimum Gasteiger partial charge on any atom is -0.507 e. The van der Waals surface area contributed by atoms with E-state index in [4.69, 9.17) is 14.6 Å². The summed E-state index contributed by atoms with van der Waals surface area (Å²) in [7, 11) is -5.80. The number of ketones is 1. The topological polar surface area (TPSA) is 244 Å². The smallest absolute Gasteiger partial charge is 0.288 e. The Labute approximate surface area is 372 Å². The van der Waals surface area contributed by atoms with E-state index in [9.17, 15) is 33.9 Å². The summed E-state index contributed by atoms with van der Waals surface area (Å²) in [5.74, 6) is -6.96. The molecular weight excluding hydrogens is 841 g/mol. The highest BCUT2D eigenvalue weighted by molar-refractivity contribution is 6.74. The van der Waals surface area contributed by atoms with Crippen molar-refractivity contribution in [2.45, 2.75) is 148 Å². The van der Waals surface area contributed by atoms with Crippen molar-refractivity contribution in [3.63, 3.8) is 0 Å². The zero-order valence-corrected chi connectivity index (χ0v) is 40.1. The minimum atomic E-state index is -2.90. The van der Waals surface area contributed by atoms with Gasteiger partial charge in [-0.15, -0.1) is 0 Å². The molecule has 0 saturated heterocycles. The number of rotatable bonds is 18. The van der Waals surface area contributed by atoms with E-state index in [-0.39, 0.29) is 23.4 Å². The zero-order chi connectivity index (χ0) is 46.9. The van der Waals surface area contributed by atoms with Crippen molar-refractivity contribution in [1.82, 2.24) is 21.3 Å². The molecule has 6 atom stereocenters. The van der Waals surface area contributed by atoms with Gasteiger partial charge in [-0.25, -0.2) is 0 Å². The third-order valence-corrected chi connectivity index (χ3v) is 22.3. The second-order valence-corrected chi connectivity index (χ2v) is 25.9. The predicted octanol–water partition coefficient (Wildman–Crippen LogP) is 4.77. The van der Waals surface area contributed by atoms with Crippen molar-refractivity contribution >= 4 is 63.5 Å². The molecule has 16 nitrogen and oxygen atoms in total. The van der Waals surface area contributed by atoms with E-state index < -0.39 is 100 Å². The van der Waals surface area contributed by atoms with E-state index >= 15 is 4.79 Å². The lowest BCUT2D eigenvalue weighted by Gasteiger charge is -2.48. The minimum absolute atomic E-state index is 0.170. The molecule has 0 aliphatic carbocycles. The predicted molar refractivity (Wildman–Crippen MR) is 245 cm³/mol. The van der Waals surface area contributed by atoms with E-state index in [1.54, 1.807) is 57.2 Å². The van der Waals surface area contributed by atoms with E-state index in [1.165, 1.54) is 12.3 Å². The van der Waals surface area contributed by atoms with Gasteiger partial charge in [0.15, 0.2) is 22.2 Å². The van der Waals surface area contributed by atoms with Gasteiger partial charge in [0, 0.05) is 29.0 Å². The van der Waals surface area contributed by atoms with Crippen molar-refractivity contribution in [1.29, 1.82) is 0 Å². The van der Waals surface area contributed by atoms with Crippen LogP contribution in [0.2, 0.25) is 36.3 Å². The molecule has 0 fully saturated rings. The van der Waals surface area contributed by atoms with Crippen LogP contribution in [-0.2, 0) is 54.4 Å². The maximum atomic E-state index is 15.5. The number of primary amides is 1. The van der Waals surface area contributed by atoms with Crippen LogP contribution in [0.5, 0.6) is 5.75 Å². The van der Waals surface area contributed by atoms with E-state index in [2.05, 4.69) is 26.6 Å². The van der Waals surface area contributed by atoms with Crippen LogP contribution in [0.4, 0.5) is 5.69 Å². The second-order valence-electron chi connectivity index (χ2n) is 16.5. The Morgan fingerprint density at radius 3 is 2.11 bits per heavy atom. The molecule has 6 amide bonds. The van der Waals surface area contributed by atoms with Crippen LogP contribution >= 0.6 is 0 Å². The summed E-state index contributed by atoms with van der Waals surface area (Å²) >= 11 is 0. The van der Waals surface area contributed by atoms with Crippen molar-refractivity contribution in [2.75, 3.05) is 5.32 Å².